The number of unbranched alkanes of at least 4 members (excludes halogenated alkanes) is 21. The van der Waals surface area contributed by atoms with Gasteiger partial charge in [-0.2, -0.15) is 0 Å². The zero-order valence-corrected chi connectivity index (χ0v) is 42.2. The summed E-state index contributed by atoms with van der Waals surface area (Å²) in [5, 5.41) is 0. The number of nitrogens with zero attached hydrogens (tertiary/aromatic N) is 1. The number of rotatable bonds is 47. The first-order chi connectivity index (χ1) is 29.4. The molecule has 354 valence electrons. The Balaban J connectivity index is 4.11. The molecule has 0 aromatic rings. The van der Waals surface area contributed by atoms with Gasteiger partial charge in [-0.3, -0.25) is 9.59 Å². The van der Waals surface area contributed by atoms with Crippen molar-refractivity contribution in [2.75, 3.05) is 52.3 Å². The number of hydrogen-bond acceptors (Lipinski definition) is 5. The molecular formula is C54H104NO4P. The topological polar surface area (TPSA) is 55.8 Å². The van der Waals surface area contributed by atoms with Crippen molar-refractivity contribution in [3.63, 3.8) is 0 Å². The van der Waals surface area contributed by atoms with Crippen LogP contribution in [0.5, 0.6) is 0 Å². The van der Waals surface area contributed by atoms with Gasteiger partial charge in [0.1, 0.15) is 13.2 Å². The molecule has 0 heterocycles. The quantitative estimate of drug-likeness (QED) is 0.0264. The Morgan fingerprint density at radius 3 is 1.08 bits per heavy atom. The number of esters is 2. The molecule has 0 radical (unpaired) electrons. The largest absolute Gasteiger partial charge is 0.461 e. The van der Waals surface area contributed by atoms with Crippen molar-refractivity contribution in [3.05, 3.63) is 24.3 Å². The first-order valence-corrected chi connectivity index (χ1v) is 28.3. The highest BCUT2D eigenvalue weighted by molar-refractivity contribution is 7.57. The van der Waals surface area contributed by atoms with Gasteiger partial charge < -0.3 is 14.4 Å². The predicted molar refractivity (Wildman–Crippen MR) is 267 cm³/mol. The molecule has 0 aliphatic carbocycles. The molecule has 0 aliphatic heterocycles. The molecule has 0 saturated carbocycles. The highest BCUT2D eigenvalue weighted by atomic mass is 31.1. The molecule has 60 heavy (non-hydrogen) atoms. The molecule has 0 fully saturated rings. The lowest BCUT2D eigenvalue weighted by Gasteiger charge is -2.18. The maximum absolute atomic E-state index is 12.3. The highest BCUT2D eigenvalue weighted by Gasteiger charge is 2.10. The molecule has 0 spiro atoms. The van der Waals surface area contributed by atoms with Gasteiger partial charge in [-0.25, -0.2) is 0 Å². The Kier molecular flexibility index (Phi) is 46.4. The molecule has 0 rings (SSSR count). The number of allylic oxidation sites excluding steroid dienone is 2. The van der Waals surface area contributed by atoms with Gasteiger partial charge in [0, 0.05) is 12.8 Å². The summed E-state index contributed by atoms with van der Waals surface area (Å²) in [6.45, 7) is 11.2. The number of carbonyl (C=O) groups is 2. The summed E-state index contributed by atoms with van der Waals surface area (Å²) in [5.41, 5.74) is 0. The molecule has 0 amide bonds. The summed E-state index contributed by atoms with van der Waals surface area (Å²) in [7, 11) is 4.55. The van der Waals surface area contributed by atoms with E-state index < -0.39 is 0 Å². The van der Waals surface area contributed by atoms with Crippen molar-refractivity contribution in [1.29, 1.82) is 0 Å². The van der Waals surface area contributed by atoms with Crippen LogP contribution in [0.2, 0.25) is 0 Å². The number of carbonyl (C=O) groups excluding carboxylic acids is 2. The molecule has 0 aromatic carbocycles. The SMILES string of the molecule is CCCCCC(/C=C\COC(=O)CCCCCCCCCP(CCCCCCCCCC(=O)OC/C=C\C(CCCCC)CCCCC)CCCCN(C)C)CCCCC. The summed E-state index contributed by atoms with van der Waals surface area (Å²) in [4.78, 5) is 26.9. The van der Waals surface area contributed by atoms with Gasteiger partial charge in [0.15, 0.2) is 0 Å². The Morgan fingerprint density at radius 2 is 0.750 bits per heavy atom. The molecular weight excluding hydrogens is 758 g/mol. The van der Waals surface area contributed by atoms with Crippen molar-refractivity contribution < 1.29 is 19.1 Å². The van der Waals surface area contributed by atoms with Crippen LogP contribution < -0.4 is 0 Å². The normalized spacial score (nSPS) is 12.1. The second kappa shape index (κ2) is 47.3. The van der Waals surface area contributed by atoms with Crippen LogP contribution in [0.15, 0.2) is 24.3 Å². The maximum Gasteiger partial charge on any atom is 0.306 e. The second-order valence-electron chi connectivity index (χ2n) is 18.5. The smallest absolute Gasteiger partial charge is 0.306 e. The van der Waals surface area contributed by atoms with Crippen LogP contribution in [0.25, 0.3) is 0 Å². The van der Waals surface area contributed by atoms with E-state index in [2.05, 4.69) is 71.0 Å². The van der Waals surface area contributed by atoms with Crippen LogP contribution in [0.3, 0.4) is 0 Å². The van der Waals surface area contributed by atoms with Gasteiger partial charge in [0.05, 0.1) is 0 Å². The molecule has 0 unspecified atom stereocenters. The minimum absolute atomic E-state index is 0.0286. The van der Waals surface area contributed by atoms with E-state index in [1.807, 2.05) is 0 Å². The van der Waals surface area contributed by atoms with Gasteiger partial charge in [0.2, 0.25) is 0 Å². The number of hydrogen-bond donors (Lipinski definition) is 0. The third-order valence-corrected chi connectivity index (χ3v) is 15.1. The zero-order chi connectivity index (χ0) is 44.0. The van der Waals surface area contributed by atoms with E-state index in [0.29, 0.717) is 37.9 Å². The van der Waals surface area contributed by atoms with E-state index in [1.54, 1.807) is 0 Å². The van der Waals surface area contributed by atoms with Crippen LogP contribution in [0, 0.1) is 11.8 Å². The van der Waals surface area contributed by atoms with E-state index in [4.69, 9.17) is 9.47 Å². The molecule has 0 aromatic heterocycles. The number of ether oxygens (including phenoxy) is 2. The van der Waals surface area contributed by atoms with E-state index in [-0.39, 0.29) is 19.9 Å². The Bertz CT molecular complexity index is 879. The lowest BCUT2D eigenvalue weighted by molar-refractivity contribution is -0.143. The third kappa shape index (κ3) is 43.5. The third-order valence-electron chi connectivity index (χ3n) is 12.3. The molecule has 0 saturated heterocycles. The van der Waals surface area contributed by atoms with Crippen LogP contribution in [0.1, 0.15) is 246 Å². The van der Waals surface area contributed by atoms with E-state index >= 15 is 0 Å². The minimum Gasteiger partial charge on any atom is -0.461 e. The van der Waals surface area contributed by atoms with Crippen molar-refractivity contribution in [3.8, 4) is 0 Å². The molecule has 0 N–H and O–H groups in total. The summed E-state index contributed by atoms with van der Waals surface area (Å²) < 4.78 is 11.1. The maximum atomic E-state index is 12.3. The lowest BCUT2D eigenvalue weighted by atomic mass is 9.94. The average molecular weight is 862 g/mol. The van der Waals surface area contributed by atoms with E-state index in [9.17, 15) is 9.59 Å². The van der Waals surface area contributed by atoms with Crippen LogP contribution in [0.4, 0.5) is 0 Å². The van der Waals surface area contributed by atoms with Gasteiger partial charge in [-0.15, -0.1) is 7.92 Å². The van der Waals surface area contributed by atoms with Crippen molar-refractivity contribution in [2.45, 2.75) is 246 Å². The van der Waals surface area contributed by atoms with Gasteiger partial charge in [0.25, 0.3) is 0 Å². The molecule has 5 nitrogen and oxygen atoms in total. The predicted octanol–water partition coefficient (Wildman–Crippen LogP) is 16.8. The molecule has 0 atom stereocenters. The molecule has 6 heteroatoms. The Hall–Kier alpha value is -1.19. The van der Waals surface area contributed by atoms with Crippen molar-refractivity contribution in [1.82, 2.24) is 4.90 Å². The highest BCUT2D eigenvalue weighted by Crippen LogP contribution is 2.39. The second-order valence-corrected chi connectivity index (χ2v) is 21.2. The summed E-state index contributed by atoms with van der Waals surface area (Å²) >= 11 is 0. The van der Waals surface area contributed by atoms with E-state index in [0.717, 1.165) is 25.7 Å². The van der Waals surface area contributed by atoms with E-state index in [1.165, 1.54) is 205 Å². The van der Waals surface area contributed by atoms with Crippen molar-refractivity contribution in [2.24, 2.45) is 11.8 Å². The minimum atomic E-state index is -0.0286. The van der Waals surface area contributed by atoms with Crippen LogP contribution in [-0.4, -0.2) is 69.2 Å². The fourth-order valence-electron chi connectivity index (χ4n) is 8.30. The first-order valence-electron chi connectivity index (χ1n) is 26.4. The standard InChI is InChI=1S/C54H104NO4P/c1-7-11-25-37-51(38-26-12-8-2)41-35-46-58-53(56)43-29-21-17-15-19-23-32-48-60(50-34-31-45-55(5)6)49-33-24-20-16-18-22-30-44-54(57)59-47-36-42-52(39-27-13-9-3)40-28-14-10-4/h35-36,41-42,51-52H,7-34,37-40,43-50H2,1-6H3/b41-35-,42-36-. The summed E-state index contributed by atoms with van der Waals surface area (Å²) in [6, 6.07) is 0. The fraction of sp³-hybridized carbons (Fsp3) is 0.889. The summed E-state index contributed by atoms with van der Waals surface area (Å²) in [6.07, 6.45) is 55.2. The van der Waals surface area contributed by atoms with Crippen molar-refractivity contribution >= 4 is 19.9 Å². The van der Waals surface area contributed by atoms with Gasteiger partial charge in [-0.1, -0.05) is 193 Å². The summed E-state index contributed by atoms with van der Waals surface area (Å²) in [5.74, 6) is 1.22. The average Bonchev–Trinajstić information content (AvgIpc) is 3.23. The van der Waals surface area contributed by atoms with Crippen LogP contribution in [-0.2, 0) is 19.1 Å². The monoisotopic (exact) mass is 862 g/mol. The Labute approximate surface area is 377 Å². The molecule has 0 aliphatic rings. The van der Waals surface area contributed by atoms with Gasteiger partial charge >= 0.3 is 11.9 Å². The Morgan fingerprint density at radius 1 is 0.433 bits per heavy atom. The lowest BCUT2D eigenvalue weighted by Crippen LogP contribution is -2.13. The zero-order valence-electron chi connectivity index (χ0n) is 41.3. The van der Waals surface area contributed by atoms with Crippen LogP contribution >= 0.6 is 7.92 Å². The van der Waals surface area contributed by atoms with Gasteiger partial charge in [-0.05, 0) is 115 Å². The first kappa shape index (κ1) is 58.8. The fourth-order valence-corrected chi connectivity index (χ4v) is 11.0. The molecule has 0 bridgehead atoms.